The molecule has 2 aromatic rings. The van der Waals surface area contributed by atoms with Crippen LogP contribution in [0.4, 0.5) is 10.1 Å². The van der Waals surface area contributed by atoms with Crippen LogP contribution < -0.4 is 10.1 Å². The van der Waals surface area contributed by atoms with Crippen molar-refractivity contribution >= 4 is 11.6 Å². The molecule has 0 aliphatic rings. The lowest BCUT2D eigenvalue weighted by Crippen LogP contribution is -2.14. The number of halogens is 1. The molecule has 0 aliphatic carbocycles. The number of anilines is 1. The summed E-state index contributed by atoms with van der Waals surface area (Å²) in [6.07, 6.45) is 0. The third-order valence-corrected chi connectivity index (χ3v) is 2.80. The molecule has 4 heteroatoms. The van der Waals surface area contributed by atoms with E-state index < -0.39 is 0 Å². The maximum Gasteiger partial charge on any atom is 0.259 e. The largest absolute Gasteiger partial charge is 0.496 e. The molecule has 0 fully saturated rings. The van der Waals surface area contributed by atoms with Gasteiger partial charge < -0.3 is 10.1 Å². The zero-order chi connectivity index (χ0) is 13.8. The van der Waals surface area contributed by atoms with Crippen molar-refractivity contribution in [1.82, 2.24) is 0 Å². The summed E-state index contributed by atoms with van der Waals surface area (Å²) in [5.41, 5.74) is 1.66. The SMILES string of the molecule is COc1ccccc1C(=O)Nc1cc(F)ccc1C. The predicted molar refractivity (Wildman–Crippen MR) is 72.1 cm³/mol. The standard InChI is InChI=1S/C15H14FNO2/c1-10-7-8-11(16)9-13(10)17-15(18)12-5-3-4-6-14(12)19-2/h3-9H,1-2H3,(H,17,18). The number of hydrogen-bond donors (Lipinski definition) is 1. The van der Waals surface area contributed by atoms with E-state index in [2.05, 4.69) is 5.32 Å². The minimum atomic E-state index is -0.388. The van der Waals surface area contributed by atoms with Gasteiger partial charge in [0.2, 0.25) is 0 Å². The van der Waals surface area contributed by atoms with Gasteiger partial charge in [-0.05, 0) is 36.8 Å². The van der Waals surface area contributed by atoms with E-state index in [4.69, 9.17) is 4.74 Å². The summed E-state index contributed by atoms with van der Waals surface area (Å²) in [7, 11) is 1.50. The normalized spacial score (nSPS) is 10.1. The maximum atomic E-state index is 13.2. The van der Waals surface area contributed by atoms with Crippen molar-refractivity contribution in [2.24, 2.45) is 0 Å². The molecule has 0 saturated carbocycles. The van der Waals surface area contributed by atoms with Crippen LogP contribution in [0.5, 0.6) is 5.75 Å². The van der Waals surface area contributed by atoms with E-state index in [-0.39, 0.29) is 11.7 Å². The van der Waals surface area contributed by atoms with Crippen LogP contribution in [0.3, 0.4) is 0 Å². The smallest absolute Gasteiger partial charge is 0.259 e. The van der Waals surface area contributed by atoms with Crippen molar-refractivity contribution in [3.8, 4) is 5.75 Å². The first-order valence-electron chi connectivity index (χ1n) is 5.82. The van der Waals surface area contributed by atoms with Gasteiger partial charge in [-0.1, -0.05) is 18.2 Å². The van der Waals surface area contributed by atoms with E-state index in [0.29, 0.717) is 17.0 Å². The molecule has 1 N–H and O–H groups in total. The van der Waals surface area contributed by atoms with E-state index in [9.17, 15) is 9.18 Å². The van der Waals surface area contributed by atoms with Gasteiger partial charge in [0.1, 0.15) is 11.6 Å². The molecule has 19 heavy (non-hydrogen) atoms. The van der Waals surface area contributed by atoms with Crippen LogP contribution in [0.15, 0.2) is 42.5 Å². The molecule has 2 rings (SSSR count). The predicted octanol–water partition coefficient (Wildman–Crippen LogP) is 3.40. The highest BCUT2D eigenvalue weighted by Crippen LogP contribution is 2.21. The summed E-state index contributed by atoms with van der Waals surface area (Å²) in [5, 5.41) is 2.68. The number of rotatable bonds is 3. The minimum absolute atomic E-state index is 0.328. The minimum Gasteiger partial charge on any atom is -0.496 e. The highest BCUT2D eigenvalue weighted by atomic mass is 19.1. The molecule has 0 spiro atoms. The van der Waals surface area contributed by atoms with Crippen LogP contribution in [-0.4, -0.2) is 13.0 Å². The molecule has 0 aromatic heterocycles. The average Bonchev–Trinajstić information content (AvgIpc) is 2.42. The average molecular weight is 259 g/mol. The fourth-order valence-electron chi connectivity index (χ4n) is 1.75. The zero-order valence-corrected chi connectivity index (χ0v) is 10.7. The summed E-state index contributed by atoms with van der Waals surface area (Å²) in [5.74, 6) is -0.235. The van der Waals surface area contributed by atoms with Crippen LogP contribution in [-0.2, 0) is 0 Å². The number of aryl methyl sites for hydroxylation is 1. The fourth-order valence-corrected chi connectivity index (χ4v) is 1.75. The zero-order valence-electron chi connectivity index (χ0n) is 10.7. The van der Waals surface area contributed by atoms with Gasteiger partial charge in [0.15, 0.2) is 0 Å². The number of carbonyl (C=O) groups excluding carboxylic acids is 1. The Hall–Kier alpha value is -2.36. The summed E-state index contributed by atoms with van der Waals surface area (Å²) >= 11 is 0. The number of nitrogens with one attached hydrogen (secondary N) is 1. The molecular formula is C15H14FNO2. The highest BCUT2D eigenvalue weighted by Gasteiger charge is 2.12. The molecule has 0 saturated heterocycles. The van der Waals surface area contributed by atoms with Crippen molar-refractivity contribution in [3.63, 3.8) is 0 Å². The van der Waals surface area contributed by atoms with E-state index in [1.165, 1.54) is 19.2 Å². The van der Waals surface area contributed by atoms with Crippen molar-refractivity contribution in [1.29, 1.82) is 0 Å². The molecule has 0 radical (unpaired) electrons. The molecule has 0 unspecified atom stereocenters. The first kappa shape index (κ1) is 13.1. The van der Waals surface area contributed by atoms with Gasteiger partial charge in [-0.15, -0.1) is 0 Å². The Morgan fingerprint density at radius 1 is 1.21 bits per heavy atom. The van der Waals surface area contributed by atoms with Crippen LogP contribution >= 0.6 is 0 Å². The topological polar surface area (TPSA) is 38.3 Å². The Labute approximate surface area is 111 Å². The van der Waals surface area contributed by atoms with Crippen LogP contribution in [0.1, 0.15) is 15.9 Å². The maximum absolute atomic E-state index is 13.2. The summed E-state index contributed by atoms with van der Waals surface area (Å²) in [4.78, 5) is 12.1. The van der Waals surface area contributed by atoms with E-state index in [1.54, 1.807) is 37.3 Å². The second-order valence-electron chi connectivity index (χ2n) is 4.11. The molecule has 1 amide bonds. The summed E-state index contributed by atoms with van der Waals surface area (Å²) in [6, 6.07) is 11.2. The number of amides is 1. The number of benzene rings is 2. The number of para-hydroxylation sites is 1. The Balaban J connectivity index is 2.28. The van der Waals surface area contributed by atoms with Gasteiger partial charge in [0.05, 0.1) is 12.7 Å². The number of hydrogen-bond acceptors (Lipinski definition) is 2. The molecule has 0 heterocycles. The van der Waals surface area contributed by atoms with Crippen molar-refractivity contribution in [2.45, 2.75) is 6.92 Å². The highest BCUT2D eigenvalue weighted by molar-refractivity contribution is 6.06. The van der Waals surface area contributed by atoms with Gasteiger partial charge in [0.25, 0.3) is 5.91 Å². The van der Waals surface area contributed by atoms with Crippen molar-refractivity contribution < 1.29 is 13.9 Å². The lowest BCUT2D eigenvalue weighted by Gasteiger charge is -2.11. The third-order valence-electron chi connectivity index (χ3n) is 2.80. The Bertz CT molecular complexity index is 611. The van der Waals surface area contributed by atoms with Gasteiger partial charge in [-0.2, -0.15) is 0 Å². The molecular weight excluding hydrogens is 245 g/mol. The van der Waals surface area contributed by atoms with Crippen molar-refractivity contribution in [3.05, 3.63) is 59.4 Å². The second-order valence-corrected chi connectivity index (χ2v) is 4.11. The lowest BCUT2D eigenvalue weighted by molar-refractivity contribution is 0.102. The number of methoxy groups -OCH3 is 1. The fraction of sp³-hybridized carbons (Fsp3) is 0.133. The number of carbonyl (C=O) groups is 1. The molecule has 0 aliphatic heterocycles. The van der Waals surface area contributed by atoms with Crippen LogP contribution in [0.2, 0.25) is 0 Å². The Kier molecular flexibility index (Phi) is 3.80. The van der Waals surface area contributed by atoms with E-state index >= 15 is 0 Å². The second kappa shape index (κ2) is 5.52. The third kappa shape index (κ3) is 2.91. The Morgan fingerprint density at radius 3 is 2.68 bits per heavy atom. The van der Waals surface area contributed by atoms with E-state index in [0.717, 1.165) is 5.56 Å². The summed E-state index contributed by atoms with van der Waals surface area (Å²) in [6.45, 7) is 1.80. The molecule has 2 aromatic carbocycles. The number of ether oxygens (including phenoxy) is 1. The van der Waals surface area contributed by atoms with Gasteiger partial charge in [0, 0.05) is 5.69 Å². The monoisotopic (exact) mass is 259 g/mol. The molecule has 0 atom stereocenters. The van der Waals surface area contributed by atoms with Crippen LogP contribution in [0, 0.1) is 12.7 Å². The van der Waals surface area contributed by atoms with Gasteiger partial charge >= 0.3 is 0 Å². The Morgan fingerprint density at radius 2 is 1.95 bits per heavy atom. The van der Waals surface area contributed by atoms with Gasteiger partial charge in [-0.3, -0.25) is 4.79 Å². The summed E-state index contributed by atoms with van der Waals surface area (Å²) < 4.78 is 18.3. The van der Waals surface area contributed by atoms with Gasteiger partial charge in [-0.25, -0.2) is 4.39 Å². The first-order chi connectivity index (χ1) is 9.11. The quantitative estimate of drug-likeness (QED) is 0.917. The van der Waals surface area contributed by atoms with E-state index in [1.807, 2.05) is 0 Å². The molecule has 98 valence electrons. The van der Waals surface area contributed by atoms with Crippen LogP contribution in [0.25, 0.3) is 0 Å². The lowest BCUT2D eigenvalue weighted by atomic mass is 10.1. The molecule has 3 nitrogen and oxygen atoms in total. The first-order valence-corrected chi connectivity index (χ1v) is 5.82. The van der Waals surface area contributed by atoms with Crippen molar-refractivity contribution in [2.75, 3.05) is 12.4 Å². The molecule has 0 bridgehead atoms.